The molecule has 1 heterocycles. The van der Waals surface area contributed by atoms with Crippen LogP contribution in [0.15, 0.2) is 18.2 Å². The molecule has 0 radical (unpaired) electrons. The van der Waals surface area contributed by atoms with Gasteiger partial charge >= 0.3 is 0 Å². The second-order valence-electron chi connectivity index (χ2n) is 4.67. The Kier molecular flexibility index (Phi) is 4.14. The molecule has 0 spiro atoms. The third kappa shape index (κ3) is 2.97. The van der Waals surface area contributed by atoms with E-state index in [1.165, 1.54) is 11.3 Å². The maximum absolute atomic E-state index is 12.1. The van der Waals surface area contributed by atoms with Crippen LogP contribution in [0, 0.1) is 0 Å². The van der Waals surface area contributed by atoms with Crippen molar-refractivity contribution in [3.8, 4) is 0 Å². The first-order valence-electron chi connectivity index (χ1n) is 6.08. The topological polar surface area (TPSA) is 35.5 Å². The van der Waals surface area contributed by atoms with Crippen molar-refractivity contribution in [2.45, 2.75) is 25.5 Å². The van der Waals surface area contributed by atoms with Crippen molar-refractivity contribution in [3.05, 3.63) is 29.3 Å². The van der Waals surface area contributed by atoms with Gasteiger partial charge in [-0.05, 0) is 23.6 Å². The van der Waals surface area contributed by atoms with Gasteiger partial charge in [0.25, 0.3) is 6.43 Å². The lowest BCUT2D eigenvalue weighted by atomic mass is 10.1. The molecule has 1 aliphatic rings. The molecule has 1 unspecified atom stereocenters. The van der Waals surface area contributed by atoms with Crippen LogP contribution in [0.4, 0.5) is 14.5 Å². The Balaban J connectivity index is 1.88. The van der Waals surface area contributed by atoms with Gasteiger partial charge < -0.3 is 15.3 Å². The smallest absolute Gasteiger partial charge is 0.265 e. The second kappa shape index (κ2) is 5.63. The summed E-state index contributed by atoms with van der Waals surface area (Å²) in [6, 6.07) is 6.14. The van der Waals surface area contributed by atoms with Crippen molar-refractivity contribution in [1.29, 1.82) is 0 Å². The number of halogens is 2. The Bertz CT molecular complexity index is 412. The summed E-state index contributed by atoms with van der Waals surface area (Å²) < 4.78 is 24.2. The molecule has 0 aliphatic carbocycles. The standard InChI is InChI=1S/C13H18F2N2O/c1-17-5-4-10-6-9(2-3-11(10)17)7-16-8-12(18)13(14)15/h2-3,6,12-13,16,18H,4-5,7-8H2,1H3. The van der Waals surface area contributed by atoms with E-state index in [0.717, 1.165) is 18.5 Å². The van der Waals surface area contributed by atoms with Crippen LogP contribution in [-0.2, 0) is 13.0 Å². The third-order valence-corrected chi connectivity index (χ3v) is 3.25. The highest BCUT2D eigenvalue weighted by atomic mass is 19.3. The molecule has 2 rings (SSSR count). The van der Waals surface area contributed by atoms with Crippen molar-refractivity contribution in [3.63, 3.8) is 0 Å². The van der Waals surface area contributed by atoms with E-state index in [1.54, 1.807) is 0 Å². The van der Waals surface area contributed by atoms with Crippen LogP contribution in [0.5, 0.6) is 0 Å². The number of aliphatic hydroxyl groups is 1. The zero-order chi connectivity index (χ0) is 13.1. The molecule has 1 aliphatic heterocycles. The summed E-state index contributed by atoms with van der Waals surface area (Å²) in [7, 11) is 2.06. The van der Waals surface area contributed by atoms with E-state index in [4.69, 9.17) is 5.11 Å². The van der Waals surface area contributed by atoms with Crippen LogP contribution in [0.25, 0.3) is 0 Å². The van der Waals surface area contributed by atoms with E-state index in [-0.39, 0.29) is 6.54 Å². The summed E-state index contributed by atoms with van der Waals surface area (Å²) in [5, 5.41) is 11.8. The Morgan fingerprint density at radius 2 is 2.22 bits per heavy atom. The summed E-state index contributed by atoms with van der Waals surface area (Å²) in [6.45, 7) is 1.44. The average molecular weight is 256 g/mol. The number of hydrogen-bond acceptors (Lipinski definition) is 3. The SMILES string of the molecule is CN1CCc2cc(CNCC(O)C(F)F)ccc21. The molecule has 100 valence electrons. The van der Waals surface area contributed by atoms with Gasteiger partial charge in [-0.1, -0.05) is 12.1 Å². The molecule has 1 aromatic rings. The van der Waals surface area contributed by atoms with Gasteiger partial charge in [0, 0.05) is 32.4 Å². The van der Waals surface area contributed by atoms with E-state index in [0.29, 0.717) is 6.54 Å². The van der Waals surface area contributed by atoms with Gasteiger partial charge in [-0.15, -0.1) is 0 Å². The van der Waals surface area contributed by atoms with Crippen LogP contribution in [0.2, 0.25) is 0 Å². The van der Waals surface area contributed by atoms with Gasteiger partial charge in [-0.2, -0.15) is 0 Å². The van der Waals surface area contributed by atoms with E-state index in [2.05, 4.69) is 29.4 Å². The molecule has 0 bridgehead atoms. The molecule has 0 fully saturated rings. The molecular formula is C13H18F2N2O. The molecule has 2 N–H and O–H groups in total. The van der Waals surface area contributed by atoms with Crippen molar-refractivity contribution < 1.29 is 13.9 Å². The lowest BCUT2D eigenvalue weighted by molar-refractivity contribution is -0.00340. The highest BCUT2D eigenvalue weighted by Crippen LogP contribution is 2.27. The van der Waals surface area contributed by atoms with Gasteiger partial charge in [0.2, 0.25) is 0 Å². The summed E-state index contributed by atoms with van der Waals surface area (Å²) >= 11 is 0. The maximum Gasteiger partial charge on any atom is 0.265 e. The fourth-order valence-corrected chi connectivity index (χ4v) is 2.18. The first-order chi connectivity index (χ1) is 8.58. The molecule has 0 saturated heterocycles. The molecule has 5 heteroatoms. The van der Waals surface area contributed by atoms with E-state index in [1.807, 2.05) is 6.07 Å². The maximum atomic E-state index is 12.1. The zero-order valence-electron chi connectivity index (χ0n) is 10.4. The summed E-state index contributed by atoms with van der Waals surface area (Å²) in [4.78, 5) is 2.20. The van der Waals surface area contributed by atoms with Gasteiger partial charge in [0.1, 0.15) is 6.10 Å². The molecular weight excluding hydrogens is 238 g/mol. The first kappa shape index (κ1) is 13.2. The summed E-state index contributed by atoms with van der Waals surface area (Å²) in [6.07, 6.45) is -3.25. The fourth-order valence-electron chi connectivity index (χ4n) is 2.18. The number of nitrogens with one attached hydrogen (secondary N) is 1. The number of aliphatic hydroxyl groups excluding tert-OH is 1. The van der Waals surface area contributed by atoms with Gasteiger partial charge in [-0.25, -0.2) is 8.78 Å². The van der Waals surface area contributed by atoms with Gasteiger partial charge in [0.15, 0.2) is 0 Å². The van der Waals surface area contributed by atoms with Crippen LogP contribution >= 0.6 is 0 Å². The Hall–Kier alpha value is -1.20. The number of hydrogen-bond donors (Lipinski definition) is 2. The van der Waals surface area contributed by atoms with Crippen molar-refractivity contribution in [1.82, 2.24) is 5.32 Å². The van der Waals surface area contributed by atoms with Crippen molar-refractivity contribution in [2.24, 2.45) is 0 Å². The van der Waals surface area contributed by atoms with E-state index >= 15 is 0 Å². The Morgan fingerprint density at radius 1 is 1.44 bits per heavy atom. The minimum Gasteiger partial charge on any atom is -0.386 e. The normalized spacial score (nSPS) is 16.2. The van der Waals surface area contributed by atoms with Crippen LogP contribution in [0.1, 0.15) is 11.1 Å². The molecule has 3 nitrogen and oxygen atoms in total. The predicted molar refractivity (Wildman–Crippen MR) is 67.1 cm³/mol. The van der Waals surface area contributed by atoms with Crippen LogP contribution in [0.3, 0.4) is 0 Å². The average Bonchev–Trinajstić information content (AvgIpc) is 2.70. The highest BCUT2D eigenvalue weighted by molar-refractivity contribution is 5.58. The minimum absolute atomic E-state index is 0.0886. The monoisotopic (exact) mass is 256 g/mol. The summed E-state index contributed by atoms with van der Waals surface area (Å²) in [5.74, 6) is 0. The number of anilines is 1. The quantitative estimate of drug-likeness (QED) is 0.836. The lowest BCUT2D eigenvalue weighted by Crippen LogP contribution is -2.31. The third-order valence-electron chi connectivity index (χ3n) is 3.25. The van der Waals surface area contributed by atoms with Crippen molar-refractivity contribution in [2.75, 3.05) is 25.0 Å². The Labute approximate surface area is 105 Å². The molecule has 0 aromatic heterocycles. The van der Waals surface area contributed by atoms with Crippen LogP contribution < -0.4 is 10.2 Å². The highest BCUT2D eigenvalue weighted by Gasteiger charge is 2.17. The van der Waals surface area contributed by atoms with E-state index < -0.39 is 12.5 Å². The number of rotatable bonds is 5. The predicted octanol–water partition coefficient (Wildman–Crippen LogP) is 1.39. The number of likely N-dealkylation sites (N-methyl/N-ethyl adjacent to an activating group) is 1. The molecule has 0 saturated carbocycles. The zero-order valence-corrected chi connectivity index (χ0v) is 10.4. The van der Waals surface area contributed by atoms with Crippen molar-refractivity contribution >= 4 is 5.69 Å². The fraction of sp³-hybridized carbons (Fsp3) is 0.538. The second-order valence-corrected chi connectivity index (χ2v) is 4.67. The summed E-state index contributed by atoms with van der Waals surface area (Å²) in [5.41, 5.74) is 3.60. The number of alkyl halides is 2. The van der Waals surface area contributed by atoms with Gasteiger partial charge in [-0.3, -0.25) is 0 Å². The van der Waals surface area contributed by atoms with E-state index in [9.17, 15) is 8.78 Å². The molecule has 18 heavy (non-hydrogen) atoms. The largest absolute Gasteiger partial charge is 0.386 e. The van der Waals surface area contributed by atoms with Crippen LogP contribution in [-0.4, -0.2) is 37.8 Å². The van der Waals surface area contributed by atoms with Gasteiger partial charge in [0.05, 0.1) is 0 Å². The molecule has 0 amide bonds. The number of nitrogens with zero attached hydrogens (tertiary/aromatic N) is 1. The number of fused-ring (bicyclic) bond motifs is 1. The minimum atomic E-state index is -2.69. The first-order valence-corrected chi connectivity index (χ1v) is 6.08. The lowest BCUT2D eigenvalue weighted by Gasteiger charge is -2.13. The molecule has 1 atom stereocenters. The molecule has 1 aromatic carbocycles. The number of benzene rings is 1. The Morgan fingerprint density at radius 3 is 2.94 bits per heavy atom.